The quantitative estimate of drug-likeness (QED) is 0.0671. The number of fused-ring (bicyclic) bond motifs is 1. The van der Waals surface area contributed by atoms with Gasteiger partial charge in [0.25, 0.3) is 5.91 Å². The number of hydrogen-bond acceptors (Lipinski definition) is 11. The Labute approximate surface area is 338 Å². The van der Waals surface area contributed by atoms with Crippen molar-refractivity contribution < 1.29 is 38.1 Å². The maximum Gasteiger partial charge on any atom is 0.308 e. The van der Waals surface area contributed by atoms with Crippen molar-refractivity contribution >= 4 is 28.7 Å². The summed E-state index contributed by atoms with van der Waals surface area (Å²) in [6.45, 7) is 6.68. The summed E-state index contributed by atoms with van der Waals surface area (Å²) >= 11 is 0. The third-order valence-electron chi connectivity index (χ3n) is 11.8. The summed E-state index contributed by atoms with van der Waals surface area (Å²) in [6, 6.07) is 22.8. The molecule has 3 aromatic carbocycles. The number of likely N-dealkylation sites (tertiary alicyclic amines) is 2. The third kappa shape index (κ3) is 7.95. The number of aromatic nitrogens is 3. The number of nitrogens with zero attached hydrogens (tertiary/aromatic N) is 5. The van der Waals surface area contributed by atoms with Crippen LogP contribution in [0, 0.1) is 5.92 Å². The highest BCUT2D eigenvalue weighted by atomic mass is 16.6. The molecule has 4 heterocycles. The van der Waals surface area contributed by atoms with Crippen LogP contribution in [0.2, 0.25) is 0 Å². The molecule has 7 rings (SSSR count). The molecule has 0 spiro atoms. The summed E-state index contributed by atoms with van der Waals surface area (Å²) < 4.78 is 29.7. The van der Waals surface area contributed by atoms with Crippen LogP contribution >= 0.6 is 0 Å². The lowest BCUT2D eigenvalue weighted by atomic mass is 9.76. The Hall–Kier alpha value is -5.95. The van der Waals surface area contributed by atoms with E-state index in [9.17, 15) is 14.4 Å². The maximum absolute atomic E-state index is 14.3. The summed E-state index contributed by atoms with van der Waals surface area (Å²) in [5.41, 5.74) is 3.63. The van der Waals surface area contributed by atoms with Crippen molar-refractivity contribution in [2.75, 3.05) is 61.2 Å². The number of benzene rings is 3. The number of rotatable bonds is 14. The fourth-order valence-corrected chi connectivity index (χ4v) is 8.57. The predicted molar refractivity (Wildman–Crippen MR) is 218 cm³/mol. The van der Waals surface area contributed by atoms with Gasteiger partial charge in [0.1, 0.15) is 0 Å². The highest BCUT2D eigenvalue weighted by molar-refractivity contribution is 5.98. The van der Waals surface area contributed by atoms with Gasteiger partial charge in [0, 0.05) is 43.1 Å². The topological polar surface area (TPSA) is 135 Å². The van der Waals surface area contributed by atoms with Gasteiger partial charge in [-0.3, -0.25) is 19.4 Å². The Morgan fingerprint density at radius 3 is 2.17 bits per heavy atom. The van der Waals surface area contributed by atoms with Crippen LogP contribution in [0.15, 0.2) is 79.0 Å². The number of piperidine rings is 1. The van der Waals surface area contributed by atoms with Crippen LogP contribution in [0.1, 0.15) is 77.8 Å². The minimum absolute atomic E-state index is 0.0690. The van der Waals surface area contributed by atoms with E-state index in [1.165, 1.54) is 21.1 Å². The molecule has 304 valence electrons. The van der Waals surface area contributed by atoms with E-state index in [4.69, 9.17) is 28.7 Å². The Bertz CT molecular complexity index is 2260. The molecule has 0 bridgehead atoms. The average molecular weight is 790 g/mol. The molecular formula is C45H51N5O8. The normalized spacial score (nSPS) is 17.9. The number of esters is 1. The number of hydrogen-bond donors (Lipinski definition) is 0. The molecule has 5 aromatic rings. The van der Waals surface area contributed by atoms with Gasteiger partial charge in [0.15, 0.2) is 28.8 Å². The SMILES string of the molecule is COc1ccc(C2(CCN3CCC(C(=O)c4nc5ccccc5n4C(C)c4ccccn4)CC3)CCN(C(=O)c3cc(OC)c(OC(C)=O)c(OC)c3)C2)cc1OC. The Balaban J connectivity index is 1.09. The van der Waals surface area contributed by atoms with Crippen molar-refractivity contribution in [1.29, 1.82) is 0 Å². The molecule has 2 aliphatic heterocycles. The first-order valence-electron chi connectivity index (χ1n) is 19.7. The Morgan fingerprint density at radius 2 is 1.52 bits per heavy atom. The lowest BCUT2D eigenvalue weighted by Gasteiger charge is -2.36. The Kier molecular flexibility index (Phi) is 12.0. The molecule has 0 aliphatic carbocycles. The number of ketones is 1. The van der Waals surface area contributed by atoms with Crippen molar-refractivity contribution in [1.82, 2.24) is 24.3 Å². The first-order chi connectivity index (χ1) is 28.1. The van der Waals surface area contributed by atoms with E-state index >= 15 is 0 Å². The molecule has 2 unspecified atom stereocenters. The third-order valence-corrected chi connectivity index (χ3v) is 11.8. The van der Waals surface area contributed by atoms with Crippen molar-refractivity contribution in [3.8, 4) is 28.7 Å². The van der Waals surface area contributed by atoms with Gasteiger partial charge in [-0.2, -0.15) is 0 Å². The lowest BCUT2D eigenvalue weighted by Crippen LogP contribution is -2.41. The van der Waals surface area contributed by atoms with Gasteiger partial charge >= 0.3 is 5.97 Å². The fourth-order valence-electron chi connectivity index (χ4n) is 8.57. The zero-order valence-electron chi connectivity index (χ0n) is 34.0. The fraction of sp³-hybridized carbons (Fsp3) is 0.400. The van der Waals surface area contributed by atoms with Crippen molar-refractivity contribution in [3.05, 3.63) is 102 Å². The number of pyridine rings is 1. The second kappa shape index (κ2) is 17.3. The number of methoxy groups -OCH3 is 4. The molecule has 0 radical (unpaired) electrons. The average Bonchev–Trinajstić information content (AvgIpc) is 3.88. The molecule has 13 nitrogen and oxygen atoms in total. The standard InChI is InChI=1S/C45H51N5O8/c1-29(34-11-9-10-20-46-34)50-36-13-8-7-12-35(36)47-43(50)41(52)31-16-21-48(22-17-31)23-18-45(33-14-15-37(54-3)38(27-33)55-4)19-24-49(28-45)44(53)32-25-39(56-5)42(58-30(2)51)40(26-32)57-6/h7-15,20,25-27,29,31H,16-19,21-24,28H2,1-6H3. The smallest absolute Gasteiger partial charge is 0.308 e. The number of imidazole rings is 1. The van der Waals surface area contributed by atoms with Gasteiger partial charge < -0.3 is 38.1 Å². The monoisotopic (exact) mass is 789 g/mol. The first-order valence-corrected chi connectivity index (χ1v) is 19.7. The van der Waals surface area contributed by atoms with Crippen LogP contribution in [0.3, 0.4) is 0 Å². The van der Waals surface area contributed by atoms with Gasteiger partial charge in [-0.05, 0) is 106 Å². The molecule has 2 aromatic heterocycles. The molecule has 0 N–H and O–H groups in total. The van der Waals surface area contributed by atoms with Crippen molar-refractivity contribution in [2.24, 2.45) is 5.92 Å². The van der Waals surface area contributed by atoms with Crippen LogP contribution in [-0.4, -0.2) is 103 Å². The second-order valence-corrected chi connectivity index (χ2v) is 15.1. The summed E-state index contributed by atoms with van der Waals surface area (Å²) in [4.78, 5) is 54.1. The molecule has 2 aliphatic rings. The minimum Gasteiger partial charge on any atom is -0.493 e. The Morgan fingerprint density at radius 1 is 0.828 bits per heavy atom. The van der Waals surface area contributed by atoms with Gasteiger partial charge in [0.2, 0.25) is 11.5 Å². The zero-order chi connectivity index (χ0) is 41.0. The lowest BCUT2D eigenvalue weighted by molar-refractivity contribution is -0.132. The summed E-state index contributed by atoms with van der Waals surface area (Å²) in [6.07, 6.45) is 4.73. The van der Waals surface area contributed by atoms with Gasteiger partial charge in [-0.25, -0.2) is 4.98 Å². The maximum atomic E-state index is 14.3. The molecule has 2 atom stereocenters. The molecule has 2 fully saturated rings. The first kappa shape index (κ1) is 40.3. The van der Waals surface area contributed by atoms with E-state index in [1.54, 1.807) is 32.5 Å². The molecule has 58 heavy (non-hydrogen) atoms. The van der Waals surface area contributed by atoms with E-state index < -0.39 is 5.97 Å². The van der Waals surface area contributed by atoms with E-state index in [1.807, 2.05) is 64.1 Å². The number of carbonyl (C=O) groups excluding carboxylic acids is 3. The number of Topliss-reactive ketones (excluding diaryl/α,β-unsaturated/α-hetero) is 1. The molecule has 13 heteroatoms. The molecule has 1 amide bonds. The van der Waals surface area contributed by atoms with Gasteiger partial charge in [-0.1, -0.05) is 24.3 Å². The molecule has 2 saturated heterocycles. The van der Waals surface area contributed by atoms with E-state index in [0.717, 1.165) is 67.6 Å². The number of ether oxygens (including phenoxy) is 5. The van der Waals surface area contributed by atoms with Crippen LogP contribution in [0.5, 0.6) is 28.7 Å². The number of para-hydroxylation sites is 2. The van der Waals surface area contributed by atoms with E-state index in [0.29, 0.717) is 36.0 Å². The largest absolute Gasteiger partial charge is 0.493 e. The van der Waals surface area contributed by atoms with Crippen molar-refractivity contribution in [2.45, 2.75) is 51.0 Å². The van der Waals surface area contributed by atoms with Crippen molar-refractivity contribution in [3.63, 3.8) is 0 Å². The molecule has 0 saturated carbocycles. The highest BCUT2D eigenvalue weighted by Gasteiger charge is 2.43. The van der Waals surface area contributed by atoms with E-state index in [-0.39, 0.29) is 46.3 Å². The summed E-state index contributed by atoms with van der Waals surface area (Å²) in [7, 11) is 6.14. The number of amides is 1. The van der Waals surface area contributed by atoms with Crippen LogP contribution in [0.4, 0.5) is 0 Å². The van der Waals surface area contributed by atoms with Gasteiger partial charge in [-0.15, -0.1) is 0 Å². The van der Waals surface area contributed by atoms with Gasteiger partial charge in [0.05, 0.1) is 51.2 Å². The predicted octanol–water partition coefficient (Wildman–Crippen LogP) is 6.77. The van der Waals surface area contributed by atoms with Crippen LogP contribution in [-0.2, 0) is 10.2 Å². The highest BCUT2D eigenvalue weighted by Crippen LogP contribution is 2.44. The summed E-state index contributed by atoms with van der Waals surface area (Å²) in [5, 5.41) is 0. The summed E-state index contributed by atoms with van der Waals surface area (Å²) in [5.74, 6) is 1.53. The molecular weight excluding hydrogens is 739 g/mol. The van der Waals surface area contributed by atoms with E-state index in [2.05, 4.69) is 22.9 Å². The van der Waals surface area contributed by atoms with Crippen LogP contribution in [0.25, 0.3) is 11.0 Å². The number of carbonyl (C=O) groups is 3. The zero-order valence-corrected chi connectivity index (χ0v) is 34.0. The second-order valence-electron chi connectivity index (χ2n) is 15.1. The van der Waals surface area contributed by atoms with Crippen LogP contribution < -0.4 is 23.7 Å². The minimum atomic E-state index is -0.530.